The second-order valence-corrected chi connectivity index (χ2v) is 7.16. The molecule has 0 radical (unpaired) electrons. The number of nitrogens with one attached hydrogen (secondary N) is 1. The van der Waals surface area contributed by atoms with Gasteiger partial charge in [-0.05, 0) is 37.5 Å². The van der Waals surface area contributed by atoms with Crippen molar-refractivity contribution in [1.29, 1.82) is 0 Å². The van der Waals surface area contributed by atoms with Gasteiger partial charge in [0.1, 0.15) is 0 Å². The van der Waals surface area contributed by atoms with Crippen molar-refractivity contribution >= 4 is 5.91 Å². The van der Waals surface area contributed by atoms with Crippen LogP contribution in [0.15, 0.2) is 0 Å². The predicted molar refractivity (Wildman–Crippen MR) is 81.5 cm³/mol. The van der Waals surface area contributed by atoms with Gasteiger partial charge in [0, 0.05) is 25.6 Å². The molecule has 3 rings (SSSR count). The zero-order chi connectivity index (χ0) is 13.9. The number of hydrogen-bond donors (Lipinski definition) is 1. The van der Waals surface area contributed by atoms with Gasteiger partial charge in [0.2, 0.25) is 5.91 Å². The van der Waals surface area contributed by atoms with E-state index in [9.17, 15) is 4.79 Å². The number of nitrogens with zero attached hydrogens (tertiary/aromatic N) is 1. The fourth-order valence-corrected chi connectivity index (χ4v) is 4.54. The second-order valence-electron chi connectivity index (χ2n) is 7.16. The number of carbonyl (C=O) groups is 1. The molecule has 20 heavy (non-hydrogen) atoms. The van der Waals surface area contributed by atoms with Crippen LogP contribution in [0, 0.1) is 17.8 Å². The first-order valence-corrected chi connectivity index (χ1v) is 8.80. The van der Waals surface area contributed by atoms with Crippen LogP contribution in [0.3, 0.4) is 0 Å². The Morgan fingerprint density at radius 2 is 1.85 bits per heavy atom. The first-order valence-electron chi connectivity index (χ1n) is 8.80. The maximum Gasteiger partial charge on any atom is 0.226 e. The number of rotatable bonds is 4. The summed E-state index contributed by atoms with van der Waals surface area (Å²) in [7, 11) is 0. The van der Waals surface area contributed by atoms with Crippen LogP contribution in [0.4, 0.5) is 0 Å². The summed E-state index contributed by atoms with van der Waals surface area (Å²) in [6.45, 7) is 5.15. The molecule has 2 saturated carbocycles. The monoisotopic (exact) mass is 278 g/mol. The first kappa shape index (κ1) is 14.4. The molecule has 0 aromatic rings. The van der Waals surface area contributed by atoms with E-state index in [1.165, 1.54) is 38.5 Å². The van der Waals surface area contributed by atoms with Gasteiger partial charge in [-0.2, -0.15) is 0 Å². The van der Waals surface area contributed by atoms with Crippen LogP contribution in [0.5, 0.6) is 0 Å². The lowest BCUT2D eigenvalue weighted by Crippen LogP contribution is -2.60. The third-order valence-electron chi connectivity index (χ3n) is 5.84. The van der Waals surface area contributed by atoms with Crippen LogP contribution in [0.25, 0.3) is 0 Å². The SMILES string of the molecule is CCCN(C(=O)C1CCC2CCCCC2C1)C1CNC1. The highest BCUT2D eigenvalue weighted by molar-refractivity contribution is 5.79. The minimum atomic E-state index is 0.335. The maximum absolute atomic E-state index is 12.9. The molecular formula is C17H30N2O. The van der Waals surface area contributed by atoms with Crippen molar-refractivity contribution in [1.82, 2.24) is 10.2 Å². The topological polar surface area (TPSA) is 32.3 Å². The largest absolute Gasteiger partial charge is 0.337 e. The van der Waals surface area contributed by atoms with E-state index in [1.807, 2.05) is 0 Å². The summed E-state index contributed by atoms with van der Waals surface area (Å²) in [6.07, 6.45) is 10.4. The lowest BCUT2D eigenvalue weighted by molar-refractivity contribution is -0.141. The van der Waals surface area contributed by atoms with Gasteiger partial charge < -0.3 is 10.2 Å². The summed E-state index contributed by atoms with van der Waals surface area (Å²) < 4.78 is 0. The van der Waals surface area contributed by atoms with Crippen LogP contribution < -0.4 is 5.32 Å². The third kappa shape index (κ3) is 2.88. The Bertz CT molecular complexity index is 340. The Morgan fingerprint density at radius 3 is 2.50 bits per heavy atom. The van der Waals surface area contributed by atoms with E-state index in [0.717, 1.165) is 44.3 Å². The standard InChI is InChI=1S/C17H30N2O/c1-2-9-19(16-11-18-12-16)17(20)15-8-7-13-5-3-4-6-14(13)10-15/h13-16,18H,2-12H2,1H3. The van der Waals surface area contributed by atoms with Crippen LogP contribution >= 0.6 is 0 Å². The van der Waals surface area contributed by atoms with E-state index in [1.54, 1.807) is 0 Å². The Hall–Kier alpha value is -0.570. The van der Waals surface area contributed by atoms with Gasteiger partial charge in [0.15, 0.2) is 0 Å². The van der Waals surface area contributed by atoms with Crippen LogP contribution in [0.1, 0.15) is 58.3 Å². The zero-order valence-electron chi connectivity index (χ0n) is 12.9. The summed E-state index contributed by atoms with van der Waals surface area (Å²) in [5, 5.41) is 3.31. The van der Waals surface area contributed by atoms with E-state index in [0.29, 0.717) is 17.9 Å². The molecule has 1 amide bonds. The van der Waals surface area contributed by atoms with Gasteiger partial charge in [0.05, 0.1) is 6.04 Å². The van der Waals surface area contributed by atoms with Gasteiger partial charge in [0.25, 0.3) is 0 Å². The average Bonchev–Trinajstić information content (AvgIpc) is 2.43. The predicted octanol–water partition coefficient (Wildman–Crippen LogP) is 2.80. The Morgan fingerprint density at radius 1 is 1.10 bits per heavy atom. The van der Waals surface area contributed by atoms with E-state index in [-0.39, 0.29) is 0 Å². The summed E-state index contributed by atoms with van der Waals surface area (Å²) in [5.74, 6) is 2.61. The summed E-state index contributed by atoms with van der Waals surface area (Å²) >= 11 is 0. The van der Waals surface area contributed by atoms with Crippen molar-refractivity contribution in [2.75, 3.05) is 19.6 Å². The van der Waals surface area contributed by atoms with E-state index in [4.69, 9.17) is 0 Å². The molecule has 0 aromatic heterocycles. The molecule has 1 saturated heterocycles. The van der Waals surface area contributed by atoms with Crippen molar-refractivity contribution in [2.45, 2.75) is 64.3 Å². The molecule has 1 aliphatic heterocycles. The van der Waals surface area contributed by atoms with Gasteiger partial charge in [-0.3, -0.25) is 4.79 Å². The summed E-state index contributed by atoms with van der Waals surface area (Å²) in [6, 6.07) is 0.478. The number of fused-ring (bicyclic) bond motifs is 1. The lowest BCUT2D eigenvalue weighted by atomic mass is 9.67. The fourth-order valence-electron chi connectivity index (χ4n) is 4.54. The average molecular weight is 278 g/mol. The van der Waals surface area contributed by atoms with Crippen molar-refractivity contribution < 1.29 is 4.79 Å². The molecule has 3 fully saturated rings. The van der Waals surface area contributed by atoms with Gasteiger partial charge in [-0.25, -0.2) is 0 Å². The van der Waals surface area contributed by atoms with Gasteiger partial charge in [-0.15, -0.1) is 0 Å². The molecule has 2 aliphatic carbocycles. The molecule has 1 heterocycles. The van der Waals surface area contributed by atoms with Gasteiger partial charge in [-0.1, -0.05) is 32.6 Å². The van der Waals surface area contributed by atoms with Crippen LogP contribution in [-0.2, 0) is 4.79 Å². The molecule has 1 N–H and O–H groups in total. The molecule has 3 nitrogen and oxygen atoms in total. The summed E-state index contributed by atoms with van der Waals surface area (Å²) in [5.41, 5.74) is 0. The number of carbonyl (C=O) groups excluding carboxylic acids is 1. The minimum absolute atomic E-state index is 0.335. The molecule has 0 bridgehead atoms. The Balaban J connectivity index is 1.60. The first-order chi connectivity index (χ1) is 9.79. The lowest BCUT2D eigenvalue weighted by Gasteiger charge is -2.43. The fraction of sp³-hybridized carbons (Fsp3) is 0.941. The smallest absolute Gasteiger partial charge is 0.226 e. The minimum Gasteiger partial charge on any atom is -0.337 e. The highest BCUT2D eigenvalue weighted by Crippen LogP contribution is 2.43. The second kappa shape index (κ2) is 6.46. The molecule has 0 spiro atoms. The molecule has 3 aliphatic rings. The zero-order valence-corrected chi connectivity index (χ0v) is 12.9. The molecule has 0 aromatic carbocycles. The highest BCUT2D eigenvalue weighted by Gasteiger charge is 2.38. The van der Waals surface area contributed by atoms with Crippen molar-refractivity contribution in [2.24, 2.45) is 17.8 Å². The van der Waals surface area contributed by atoms with Crippen LogP contribution in [-0.4, -0.2) is 36.5 Å². The summed E-state index contributed by atoms with van der Waals surface area (Å²) in [4.78, 5) is 15.1. The number of amides is 1. The Kier molecular flexibility index (Phi) is 4.65. The molecule has 3 heteroatoms. The quantitative estimate of drug-likeness (QED) is 0.857. The van der Waals surface area contributed by atoms with Crippen LogP contribution in [0.2, 0.25) is 0 Å². The van der Waals surface area contributed by atoms with Crippen molar-refractivity contribution in [3.8, 4) is 0 Å². The molecule has 114 valence electrons. The molecular weight excluding hydrogens is 248 g/mol. The normalized spacial score (nSPS) is 34.1. The van der Waals surface area contributed by atoms with E-state index >= 15 is 0 Å². The molecule has 3 atom stereocenters. The maximum atomic E-state index is 12.9. The van der Waals surface area contributed by atoms with E-state index in [2.05, 4.69) is 17.1 Å². The third-order valence-corrected chi connectivity index (χ3v) is 5.84. The van der Waals surface area contributed by atoms with Gasteiger partial charge >= 0.3 is 0 Å². The van der Waals surface area contributed by atoms with E-state index < -0.39 is 0 Å². The number of hydrogen-bond acceptors (Lipinski definition) is 2. The van der Waals surface area contributed by atoms with Crippen molar-refractivity contribution in [3.63, 3.8) is 0 Å². The highest BCUT2D eigenvalue weighted by atomic mass is 16.2. The van der Waals surface area contributed by atoms with Crippen molar-refractivity contribution in [3.05, 3.63) is 0 Å². The molecule has 3 unspecified atom stereocenters. The Labute approximate surface area is 123 Å².